The molecule has 0 aliphatic carbocycles. The summed E-state index contributed by atoms with van der Waals surface area (Å²) in [5.74, 6) is 0.674. The minimum absolute atomic E-state index is 0.324. The Balaban J connectivity index is 1.49. The molecule has 6 nitrogen and oxygen atoms in total. The van der Waals surface area contributed by atoms with Crippen molar-refractivity contribution >= 4 is 39.5 Å². The molecule has 0 radical (unpaired) electrons. The minimum Gasteiger partial charge on any atom is -0.275 e. The molecular formula is C19H20N6S2. The molecule has 0 saturated carbocycles. The van der Waals surface area contributed by atoms with Gasteiger partial charge in [-0.3, -0.25) is 9.30 Å². The van der Waals surface area contributed by atoms with Crippen molar-refractivity contribution in [2.24, 2.45) is 0 Å². The molecule has 0 unspecified atom stereocenters. The molecule has 1 saturated heterocycles. The van der Waals surface area contributed by atoms with E-state index >= 15 is 0 Å². The van der Waals surface area contributed by atoms with Crippen molar-refractivity contribution in [1.82, 2.24) is 29.0 Å². The van der Waals surface area contributed by atoms with Crippen LogP contribution in [-0.4, -0.2) is 35.6 Å². The summed E-state index contributed by atoms with van der Waals surface area (Å²) in [7, 11) is 0. The molecule has 1 fully saturated rings. The maximum atomic E-state index is 5.68. The first kappa shape index (κ1) is 17.0. The van der Waals surface area contributed by atoms with Gasteiger partial charge in [-0.1, -0.05) is 12.1 Å². The summed E-state index contributed by atoms with van der Waals surface area (Å²) in [5.41, 5.74) is 3.11. The fourth-order valence-electron chi connectivity index (χ4n) is 3.91. The topological polar surface area (TPSA) is 51.2 Å². The number of benzene rings is 1. The maximum Gasteiger partial charge on any atom is 0.254 e. The van der Waals surface area contributed by atoms with Crippen molar-refractivity contribution in [1.29, 1.82) is 0 Å². The summed E-state index contributed by atoms with van der Waals surface area (Å²) in [6.07, 6.45) is 2.29. The number of aryl methyl sites for hydroxylation is 2. The van der Waals surface area contributed by atoms with Crippen LogP contribution in [0, 0.1) is 18.6 Å². The van der Waals surface area contributed by atoms with E-state index in [0.717, 1.165) is 36.3 Å². The second kappa shape index (κ2) is 6.47. The van der Waals surface area contributed by atoms with Gasteiger partial charge in [0.25, 0.3) is 5.78 Å². The predicted molar refractivity (Wildman–Crippen MR) is 110 cm³/mol. The van der Waals surface area contributed by atoms with E-state index in [-0.39, 0.29) is 0 Å². The van der Waals surface area contributed by atoms with E-state index in [4.69, 9.17) is 17.2 Å². The lowest BCUT2D eigenvalue weighted by molar-refractivity contribution is 0.190. The molecule has 0 bridgehead atoms. The number of nitrogens with zero attached hydrogens (tertiary/aromatic N) is 6. The number of hydrogen-bond acceptors (Lipinski definition) is 6. The van der Waals surface area contributed by atoms with E-state index in [1.807, 2.05) is 35.1 Å². The highest BCUT2D eigenvalue weighted by Gasteiger charge is 2.29. The normalized spacial score (nSPS) is 18.1. The Morgan fingerprint density at radius 2 is 2.07 bits per heavy atom. The van der Waals surface area contributed by atoms with Crippen LogP contribution in [0.5, 0.6) is 0 Å². The molecule has 1 aliphatic rings. The number of thiazole rings is 1. The van der Waals surface area contributed by atoms with Crippen molar-refractivity contribution < 1.29 is 0 Å². The largest absolute Gasteiger partial charge is 0.275 e. The van der Waals surface area contributed by atoms with E-state index in [1.54, 1.807) is 11.3 Å². The number of hydrogen-bond donors (Lipinski definition) is 0. The van der Waals surface area contributed by atoms with Gasteiger partial charge in [-0.05, 0) is 57.1 Å². The minimum atomic E-state index is 0.324. The molecule has 0 N–H and O–H groups in total. The first-order chi connectivity index (χ1) is 13.1. The van der Waals surface area contributed by atoms with Gasteiger partial charge in [0.05, 0.1) is 22.9 Å². The summed E-state index contributed by atoms with van der Waals surface area (Å²) in [4.78, 5) is 11.8. The second-order valence-corrected chi connectivity index (χ2v) is 8.52. The predicted octanol–water partition coefficient (Wildman–Crippen LogP) is 4.28. The van der Waals surface area contributed by atoms with Crippen LogP contribution in [0.1, 0.15) is 35.3 Å². The van der Waals surface area contributed by atoms with Gasteiger partial charge in [0.2, 0.25) is 4.77 Å². The number of likely N-dealkylation sites (tertiary alicyclic amines) is 1. The zero-order valence-electron chi connectivity index (χ0n) is 15.3. The van der Waals surface area contributed by atoms with Gasteiger partial charge in [0.15, 0.2) is 0 Å². The van der Waals surface area contributed by atoms with Crippen LogP contribution in [0.3, 0.4) is 0 Å². The van der Waals surface area contributed by atoms with Gasteiger partial charge < -0.3 is 0 Å². The molecule has 4 aromatic rings. The molecule has 4 heterocycles. The fraction of sp³-hybridized carbons (Fsp3) is 0.368. The third kappa shape index (κ3) is 2.88. The van der Waals surface area contributed by atoms with Crippen molar-refractivity contribution in [3.05, 3.63) is 51.5 Å². The van der Waals surface area contributed by atoms with Gasteiger partial charge in [-0.15, -0.1) is 16.4 Å². The standard InChI is InChI=1S/C19H20N6S2/c1-12-10-13(2)25-18(20-12)22-24(19(25)26)11-23-9-5-7-15(23)17-21-14-6-3-4-8-16(14)27-17/h3-4,6,8,10,15H,5,7,9,11H2,1-2H3/t15-/m1/s1. The molecule has 138 valence electrons. The van der Waals surface area contributed by atoms with Crippen LogP contribution in [0.2, 0.25) is 0 Å². The number of para-hydroxylation sites is 1. The fourth-order valence-corrected chi connectivity index (χ4v) is 5.37. The number of fused-ring (bicyclic) bond motifs is 2. The van der Waals surface area contributed by atoms with E-state index in [2.05, 4.69) is 33.2 Å². The van der Waals surface area contributed by atoms with Crippen molar-refractivity contribution in [2.45, 2.75) is 39.4 Å². The molecule has 0 amide bonds. The van der Waals surface area contributed by atoms with Gasteiger partial charge in [0.1, 0.15) is 5.01 Å². The first-order valence-corrected chi connectivity index (χ1v) is 10.4. The summed E-state index contributed by atoms with van der Waals surface area (Å²) >= 11 is 7.48. The zero-order valence-corrected chi connectivity index (χ0v) is 16.9. The molecular weight excluding hydrogens is 376 g/mol. The SMILES string of the molecule is Cc1cc(C)n2c(=S)n(CN3CCC[C@@H]3c3nc4ccccc4s3)nc2n1. The number of aromatic nitrogens is 5. The Hall–Kier alpha value is -2.16. The van der Waals surface area contributed by atoms with Gasteiger partial charge in [-0.25, -0.2) is 14.6 Å². The first-order valence-electron chi connectivity index (χ1n) is 9.13. The van der Waals surface area contributed by atoms with Gasteiger partial charge in [0, 0.05) is 17.9 Å². The van der Waals surface area contributed by atoms with Crippen molar-refractivity contribution in [3.8, 4) is 0 Å². The van der Waals surface area contributed by atoms with Gasteiger partial charge >= 0.3 is 0 Å². The lowest BCUT2D eigenvalue weighted by Gasteiger charge is -2.22. The molecule has 1 atom stereocenters. The molecule has 8 heteroatoms. The summed E-state index contributed by atoms with van der Waals surface area (Å²) in [6.45, 7) is 5.73. The lowest BCUT2D eigenvalue weighted by Crippen LogP contribution is -2.26. The Kier molecular flexibility index (Phi) is 4.07. The third-order valence-electron chi connectivity index (χ3n) is 5.14. The molecule has 1 aliphatic heterocycles. The Bertz CT molecular complexity index is 1170. The highest BCUT2D eigenvalue weighted by Crippen LogP contribution is 2.36. The summed E-state index contributed by atoms with van der Waals surface area (Å²) < 4.78 is 5.80. The van der Waals surface area contributed by atoms with Gasteiger partial charge in [-0.2, -0.15) is 0 Å². The van der Waals surface area contributed by atoms with Crippen LogP contribution >= 0.6 is 23.6 Å². The van der Waals surface area contributed by atoms with Crippen molar-refractivity contribution in [3.63, 3.8) is 0 Å². The molecule has 0 spiro atoms. The Labute approximate surface area is 166 Å². The molecule has 27 heavy (non-hydrogen) atoms. The van der Waals surface area contributed by atoms with E-state index in [0.29, 0.717) is 23.3 Å². The van der Waals surface area contributed by atoms with Crippen molar-refractivity contribution in [2.75, 3.05) is 6.54 Å². The Morgan fingerprint density at radius 1 is 1.22 bits per heavy atom. The highest BCUT2D eigenvalue weighted by atomic mass is 32.1. The average Bonchev–Trinajstić information content (AvgIpc) is 3.32. The second-order valence-electron chi connectivity index (χ2n) is 7.09. The molecule has 1 aromatic carbocycles. The molecule has 3 aromatic heterocycles. The zero-order chi connectivity index (χ0) is 18.5. The smallest absolute Gasteiger partial charge is 0.254 e. The van der Waals surface area contributed by atoms with E-state index in [9.17, 15) is 0 Å². The quantitative estimate of drug-likeness (QED) is 0.484. The van der Waals surface area contributed by atoms with Crippen LogP contribution in [-0.2, 0) is 6.67 Å². The van der Waals surface area contributed by atoms with Crippen LogP contribution < -0.4 is 0 Å². The van der Waals surface area contributed by atoms with E-state index in [1.165, 1.54) is 9.71 Å². The average molecular weight is 397 g/mol. The molecule has 5 rings (SSSR count). The van der Waals surface area contributed by atoms with Crippen LogP contribution in [0.4, 0.5) is 0 Å². The third-order valence-corrected chi connectivity index (χ3v) is 6.67. The van der Waals surface area contributed by atoms with Crippen LogP contribution in [0.25, 0.3) is 16.0 Å². The summed E-state index contributed by atoms with van der Waals surface area (Å²) in [6, 6.07) is 10.7. The van der Waals surface area contributed by atoms with Crippen LogP contribution in [0.15, 0.2) is 30.3 Å². The highest BCUT2D eigenvalue weighted by molar-refractivity contribution is 7.71. The summed E-state index contributed by atoms with van der Waals surface area (Å²) in [5, 5.41) is 5.86. The number of rotatable bonds is 3. The van der Waals surface area contributed by atoms with E-state index < -0.39 is 0 Å². The lowest BCUT2D eigenvalue weighted by atomic mass is 10.2. The monoisotopic (exact) mass is 396 g/mol. The Morgan fingerprint density at radius 3 is 2.93 bits per heavy atom. The maximum absolute atomic E-state index is 5.68.